The Hall–Kier alpha value is -3.68. The van der Waals surface area contributed by atoms with Crippen LogP contribution in [0.15, 0.2) is 52.4 Å². The number of hydrazone groups is 1. The molecule has 156 valence electrons. The quantitative estimate of drug-likeness (QED) is 0.315. The smallest absolute Gasteiger partial charge is 0.292 e. The fourth-order valence-electron chi connectivity index (χ4n) is 3.14. The number of hydrogen-bond donors (Lipinski definition) is 3. The molecule has 0 radical (unpaired) electrons. The van der Waals surface area contributed by atoms with E-state index >= 15 is 0 Å². The van der Waals surface area contributed by atoms with Gasteiger partial charge in [-0.25, -0.2) is 10.1 Å². The highest BCUT2D eigenvalue weighted by Crippen LogP contribution is 2.23. The number of unbranched alkanes of at least 4 members (excludes halogenated alkanes) is 2. The van der Waals surface area contributed by atoms with Crippen LogP contribution in [0.4, 0.5) is 0 Å². The van der Waals surface area contributed by atoms with Crippen molar-refractivity contribution in [2.24, 2.45) is 5.10 Å². The van der Waals surface area contributed by atoms with Crippen LogP contribution in [0.2, 0.25) is 0 Å². The molecule has 3 N–H and O–H groups in total. The van der Waals surface area contributed by atoms with Crippen LogP contribution in [0, 0.1) is 0 Å². The number of carbonyl (C=O) groups is 1. The summed E-state index contributed by atoms with van der Waals surface area (Å²) in [5.74, 6) is -0.791. The van der Waals surface area contributed by atoms with Gasteiger partial charge in [0.25, 0.3) is 11.5 Å². The third kappa shape index (κ3) is 4.48. The highest BCUT2D eigenvalue weighted by Gasteiger charge is 2.16. The van der Waals surface area contributed by atoms with Gasteiger partial charge in [0.2, 0.25) is 0 Å². The summed E-state index contributed by atoms with van der Waals surface area (Å²) in [6.07, 6.45) is 2.76. The van der Waals surface area contributed by atoms with Crippen LogP contribution in [0.3, 0.4) is 0 Å². The van der Waals surface area contributed by atoms with E-state index in [1.54, 1.807) is 31.2 Å². The molecular formula is C22H24N4O4. The van der Waals surface area contributed by atoms with Gasteiger partial charge >= 0.3 is 0 Å². The van der Waals surface area contributed by atoms with Crippen molar-refractivity contribution < 1.29 is 15.0 Å². The molecule has 2 aromatic carbocycles. The number of carbonyl (C=O) groups excluding carboxylic acids is 1. The van der Waals surface area contributed by atoms with Crippen LogP contribution in [0.5, 0.6) is 11.5 Å². The summed E-state index contributed by atoms with van der Waals surface area (Å²) in [7, 11) is 0. The molecule has 1 aromatic heterocycles. The molecule has 0 unspecified atom stereocenters. The summed E-state index contributed by atoms with van der Waals surface area (Å²) in [5, 5.41) is 28.6. The number of aromatic hydroxyl groups is 2. The molecule has 0 spiro atoms. The maximum Gasteiger partial charge on any atom is 0.292 e. The van der Waals surface area contributed by atoms with Crippen molar-refractivity contribution in [1.82, 2.24) is 15.2 Å². The second-order valence-electron chi connectivity index (χ2n) is 6.97. The number of aromatic nitrogens is 2. The number of nitrogens with one attached hydrogen (secondary N) is 1. The Morgan fingerprint density at radius 3 is 2.57 bits per heavy atom. The molecular weight excluding hydrogens is 384 g/mol. The van der Waals surface area contributed by atoms with E-state index in [4.69, 9.17) is 0 Å². The van der Waals surface area contributed by atoms with Gasteiger partial charge in [0.05, 0.1) is 11.1 Å². The molecule has 0 saturated heterocycles. The minimum Gasteiger partial charge on any atom is -0.508 e. The van der Waals surface area contributed by atoms with E-state index in [-0.39, 0.29) is 22.8 Å². The van der Waals surface area contributed by atoms with Crippen LogP contribution in [-0.4, -0.2) is 31.6 Å². The number of amides is 1. The number of aryl methyl sites for hydroxylation is 1. The number of benzene rings is 2. The number of phenolic OH excluding ortho intramolecular Hbond substituents is 2. The molecule has 0 aliphatic carbocycles. The third-order valence-electron chi connectivity index (χ3n) is 4.75. The molecule has 0 fully saturated rings. The fraction of sp³-hybridized carbons (Fsp3) is 0.273. The van der Waals surface area contributed by atoms with E-state index < -0.39 is 5.91 Å². The van der Waals surface area contributed by atoms with E-state index in [0.717, 1.165) is 19.3 Å². The molecule has 3 rings (SSSR count). The van der Waals surface area contributed by atoms with Gasteiger partial charge in [-0.05, 0) is 31.5 Å². The highest BCUT2D eigenvalue weighted by molar-refractivity contribution is 6.06. The molecule has 8 heteroatoms. The van der Waals surface area contributed by atoms with E-state index in [2.05, 4.69) is 22.5 Å². The Bertz CT molecular complexity index is 1170. The molecule has 0 atom stereocenters. The number of hydrogen-bond acceptors (Lipinski definition) is 6. The molecule has 1 heterocycles. The van der Waals surface area contributed by atoms with Crippen molar-refractivity contribution in [3.63, 3.8) is 0 Å². The molecule has 0 saturated carbocycles. The monoisotopic (exact) mass is 408 g/mol. The Labute approximate surface area is 173 Å². The lowest BCUT2D eigenvalue weighted by atomic mass is 10.1. The molecule has 30 heavy (non-hydrogen) atoms. The average molecular weight is 408 g/mol. The Morgan fingerprint density at radius 1 is 1.13 bits per heavy atom. The largest absolute Gasteiger partial charge is 0.508 e. The van der Waals surface area contributed by atoms with Crippen LogP contribution < -0.4 is 11.0 Å². The lowest BCUT2D eigenvalue weighted by molar-refractivity contribution is 0.0949. The maximum atomic E-state index is 12.8. The van der Waals surface area contributed by atoms with Gasteiger partial charge in [-0.2, -0.15) is 10.2 Å². The first kappa shape index (κ1) is 21.0. The third-order valence-corrected chi connectivity index (χ3v) is 4.75. The predicted molar refractivity (Wildman–Crippen MR) is 115 cm³/mol. The second kappa shape index (κ2) is 9.21. The summed E-state index contributed by atoms with van der Waals surface area (Å²) >= 11 is 0. The fourth-order valence-corrected chi connectivity index (χ4v) is 3.14. The molecule has 8 nitrogen and oxygen atoms in total. The Morgan fingerprint density at radius 2 is 1.87 bits per heavy atom. The van der Waals surface area contributed by atoms with Crippen LogP contribution in [0.25, 0.3) is 10.8 Å². The first-order valence-corrected chi connectivity index (χ1v) is 9.79. The predicted octanol–water partition coefficient (Wildman–Crippen LogP) is 3.15. The van der Waals surface area contributed by atoms with Gasteiger partial charge in [-0.15, -0.1) is 0 Å². The van der Waals surface area contributed by atoms with Crippen molar-refractivity contribution in [2.75, 3.05) is 0 Å². The first-order chi connectivity index (χ1) is 14.4. The zero-order valence-electron chi connectivity index (χ0n) is 16.9. The van der Waals surface area contributed by atoms with Crippen molar-refractivity contribution in [3.05, 3.63) is 64.1 Å². The summed E-state index contributed by atoms with van der Waals surface area (Å²) < 4.78 is 1.33. The minimum absolute atomic E-state index is 0.0749. The first-order valence-electron chi connectivity index (χ1n) is 9.79. The number of phenols is 2. The van der Waals surface area contributed by atoms with Gasteiger partial charge in [-0.1, -0.05) is 38.0 Å². The van der Waals surface area contributed by atoms with Gasteiger partial charge in [-0.3, -0.25) is 9.59 Å². The number of rotatable bonds is 7. The number of fused-ring (bicyclic) bond motifs is 1. The van der Waals surface area contributed by atoms with Gasteiger partial charge < -0.3 is 10.2 Å². The van der Waals surface area contributed by atoms with E-state index in [9.17, 15) is 19.8 Å². The topological polar surface area (TPSA) is 117 Å². The lowest BCUT2D eigenvalue weighted by Crippen LogP contribution is -2.29. The summed E-state index contributed by atoms with van der Waals surface area (Å²) in [5.41, 5.74) is 3.04. The van der Waals surface area contributed by atoms with Crippen molar-refractivity contribution >= 4 is 22.4 Å². The summed E-state index contributed by atoms with van der Waals surface area (Å²) in [6, 6.07) is 10.9. The van der Waals surface area contributed by atoms with Gasteiger partial charge in [0.1, 0.15) is 11.5 Å². The second-order valence-corrected chi connectivity index (χ2v) is 6.97. The van der Waals surface area contributed by atoms with Crippen LogP contribution >= 0.6 is 0 Å². The highest BCUT2D eigenvalue weighted by atomic mass is 16.3. The zero-order chi connectivity index (χ0) is 21.7. The Kier molecular flexibility index (Phi) is 6.46. The van der Waals surface area contributed by atoms with Crippen molar-refractivity contribution in [2.45, 2.75) is 39.7 Å². The Balaban J connectivity index is 1.93. The molecule has 3 aromatic rings. The zero-order valence-corrected chi connectivity index (χ0v) is 16.9. The molecule has 0 bridgehead atoms. The maximum absolute atomic E-state index is 12.8. The molecule has 0 aliphatic heterocycles. The van der Waals surface area contributed by atoms with Crippen molar-refractivity contribution in [1.29, 1.82) is 0 Å². The van der Waals surface area contributed by atoms with Gasteiger partial charge in [0.15, 0.2) is 5.69 Å². The van der Waals surface area contributed by atoms with E-state index in [0.29, 0.717) is 28.6 Å². The standard InChI is InChI=1S/C22H24N4O4/c1-3-4-7-12-26-22(30)18-9-6-5-8-17(18)20(25-26)21(29)24-23-14(2)16-11-10-15(27)13-19(16)28/h5-6,8-11,13,27-28H,3-4,7,12H2,1-2H3,(H,24,29)/b23-14+. The van der Waals surface area contributed by atoms with Crippen LogP contribution in [0.1, 0.15) is 49.2 Å². The van der Waals surface area contributed by atoms with E-state index in [1.807, 2.05) is 0 Å². The number of nitrogens with zero attached hydrogens (tertiary/aromatic N) is 3. The average Bonchev–Trinajstić information content (AvgIpc) is 2.73. The normalized spacial score (nSPS) is 11.6. The van der Waals surface area contributed by atoms with Crippen molar-refractivity contribution in [3.8, 4) is 11.5 Å². The summed E-state index contributed by atoms with van der Waals surface area (Å²) in [4.78, 5) is 25.5. The SMILES string of the molecule is CCCCCn1nc(C(=O)N/N=C(\C)c2ccc(O)cc2O)c2ccccc2c1=O. The molecule has 1 amide bonds. The lowest BCUT2D eigenvalue weighted by Gasteiger charge is -2.10. The van der Waals surface area contributed by atoms with Crippen LogP contribution in [-0.2, 0) is 6.54 Å². The van der Waals surface area contributed by atoms with Gasteiger partial charge in [0, 0.05) is 23.6 Å². The van der Waals surface area contributed by atoms with E-state index in [1.165, 1.54) is 22.9 Å². The minimum atomic E-state index is -0.562. The molecule has 0 aliphatic rings. The summed E-state index contributed by atoms with van der Waals surface area (Å²) in [6.45, 7) is 4.12.